The molecule has 0 unspecified atom stereocenters. The molecule has 1 aliphatic heterocycles. The van der Waals surface area contributed by atoms with Crippen LogP contribution in [0.3, 0.4) is 0 Å². The van der Waals surface area contributed by atoms with E-state index in [1.807, 2.05) is 23.4 Å². The standard InChI is InChI=1S/C14H24N4OS/c1-14(2,9-20-3)13(19)17-6-4-5-12(7-17)8-18-11-15-10-16-18/h10-12H,4-9H2,1-3H3/t12-/m0/s1. The summed E-state index contributed by atoms with van der Waals surface area (Å²) in [4.78, 5) is 18.7. The second kappa shape index (κ2) is 6.61. The molecule has 2 rings (SSSR count). The third-order valence-corrected chi connectivity index (χ3v) is 4.81. The van der Waals surface area contributed by atoms with E-state index in [2.05, 4.69) is 16.3 Å². The average Bonchev–Trinajstić information content (AvgIpc) is 2.91. The molecule has 2 heterocycles. The van der Waals surface area contributed by atoms with Gasteiger partial charge in [-0.1, -0.05) is 13.8 Å². The van der Waals surface area contributed by atoms with Gasteiger partial charge in [-0.2, -0.15) is 16.9 Å². The predicted octanol–water partition coefficient (Wildman–Crippen LogP) is 1.91. The molecule has 1 amide bonds. The molecule has 1 aliphatic rings. The van der Waals surface area contributed by atoms with E-state index in [0.29, 0.717) is 5.92 Å². The van der Waals surface area contributed by atoms with Crippen LogP contribution in [0.4, 0.5) is 0 Å². The van der Waals surface area contributed by atoms with E-state index in [0.717, 1.165) is 38.2 Å². The number of aromatic nitrogens is 3. The van der Waals surface area contributed by atoms with Crippen molar-refractivity contribution in [2.45, 2.75) is 33.2 Å². The van der Waals surface area contributed by atoms with Crippen molar-refractivity contribution in [3.63, 3.8) is 0 Å². The maximum atomic E-state index is 12.6. The van der Waals surface area contributed by atoms with Gasteiger partial charge in [-0.25, -0.2) is 4.98 Å². The Morgan fingerprint density at radius 3 is 2.95 bits per heavy atom. The lowest BCUT2D eigenvalue weighted by Crippen LogP contribution is -2.47. The quantitative estimate of drug-likeness (QED) is 0.833. The lowest BCUT2D eigenvalue weighted by atomic mass is 9.91. The molecule has 0 N–H and O–H groups in total. The van der Waals surface area contributed by atoms with Crippen molar-refractivity contribution in [2.75, 3.05) is 25.1 Å². The van der Waals surface area contributed by atoms with Crippen LogP contribution in [0.1, 0.15) is 26.7 Å². The minimum absolute atomic E-state index is 0.269. The van der Waals surface area contributed by atoms with Crippen LogP contribution in [0.2, 0.25) is 0 Å². The van der Waals surface area contributed by atoms with Gasteiger partial charge in [-0.05, 0) is 25.0 Å². The molecule has 1 aromatic heterocycles. The van der Waals surface area contributed by atoms with Crippen molar-refractivity contribution < 1.29 is 4.79 Å². The molecule has 1 saturated heterocycles. The number of amides is 1. The lowest BCUT2D eigenvalue weighted by Gasteiger charge is -2.37. The Kier molecular flexibility index (Phi) is 5.07. The second-order valence-corrected chi connectivity index (χ2v) is 7.06. The fourth-order valence-electron chi connectivity index (χ4n) is 2.84. The van der Waals surface area contributed by atoms with E-state index >= 15 is 0 Å². The molecule has 0 bridgehead atoms. The number of hydrogen-bond acceptors (Lipinski definition) is 4. The van der Waals surface area contributed by atoms with E-state index in [-0.39, 0.29) is 11.3 Å². The van der Waals surface area contributed by atoms with Crippen molar-refractivity contribution in [2.24, 2.45) is 11.3 Å². The lowest BCUT2D eigenvalue weighted by molar-refractivity contribution is -0.141. The first-order chi connectivity index (χ1) is 9.53. The highest BCUT2D eigenvalue weighted by atomic mass is 32.2. The highest BCUT2D eigenvalue weighted by Crippen LogP contribution is 2.27. The first kappa shape index (κ1) is 15.4. The Labute approximate surface area is 125 Å². The summed E-state index contributed by atoms with van der Waals surface area (Å²) in [6, 6.07) is 0. The third kappa shape index (κ3) is 3.75. The number of nitrogens with zero attached hydrogens (tertiary/aromatic N) is 4. The number of piperidine rings is 1. The molecule has 6 heteroatoms. The summed E-state index contributed by atoms with van der Waals surface area (Å²) >= 11 is 1.74. The van der Waals surface area contributed by atoms with Gasteiger partial charge in [0.25, 0.3) is 0 Å². The van der Waals surface area contributed by atoms with Crippen LogP contribution in [0, 0.1) is 11.3 Å². The smallest absolute Gasteiger partial charge is 0.229 e. The molecular formula is C14H24N4OS. The normalized spacial score (nSPS) is 20.1. The van der Waals surface area contributed by atoms with E-state index in [1.54, 1.807) is 24.4 Å². The number of hydrogen-bond donors (Lipinski definition) is 0. The highest BCUT2D eigenvalue weighted by molar-refractivity contribution is 7.98. The Bertz CT molecular complexity index is 432. The van der Waals surface area contributed by atoms with E-state index in [1.165, 1.54) is 0 Å². The number of rotatable bonds is 5. The molecular weight excluding hydrogens is 272 g/mol. The Hall–Kier alpha value is -1.04. The van der Waals surface area contributed by atoms with Gasteiger partial charge in [-0.3, -0.25) is 9.48 Å². The largest absolute Gasteiger partial charge is 0.342 e. The summed E-state index contributed by atoms with van der Waals surface area (Å²) in [5, 5.41) is 4.16. The summed E-state index contributed by atoms with van der Waals surface area (Å²) < 4.78 is 1.87. The zero-order chi connectivity index (χ0) is 14.6. The number of thioether (sulfide) groups is 1. The Morgan fingerprint density at radius 1 is 1.50 bits per heavy atom. The van der Waals surface area contributed by atoms with Gasteiger partial charge in [-0.15, -0.1) is 0 Å². The van der Waals surface area contributed by atoms with Gasteiger partial charge in [0.1, 0.15) is 12.7 Å². The van der Waals surface area contributed by atoms with E-state index in [9.17, 15) is 4.79 Å². The maximum Gasteiger partial charge on any atom is 0.229 e. The summed E-state index contributed by atoms with van der Waals surface area (Å²) in [5.74, 6) is 1.64. The van der Waals surface area contributed by atoms with E-state index in [4.69, 9.17) is 0 Å². The van der Waals surface area contributed by atoms with Gasteiger partial charge in [0.05, 0.1) is 5.41 Å². The van der Waals surface area contributed by atoms with Crippen molar-refractivity contribution in [3.8, 4) is 0 Å². The van der Waals surface area contributed by atoms with Gasteiger partial charge in [0, 0.05) is 25.4 Å². The monoisotopic (exact) mass is 296 g/mol. The molecule has 0 radical (unpaired) electrons. The minimum Gasteiger partial charge on any atom is -0.342 e. The minimum atomic E-state index is -0.269. The molecule has 1 aromatic rings. The third-order valence-electron chi connectivity index (χ3n) is 3.80. The molecule has 0 aromatic carbocycles. The molecule has 112 valence electrons. The molecule has 0 saturated carbocycles. The number of likely N-dealkylation sites (tertiary alicyclic amines) is 1. The first-order valence-electron chi connectivity index (χ1n) is 7.13. The van der Waals surface area contributed by atoms with Gasteiger partial charge >= 0.3 is 0 Å². The molecule has 1 atom stereocenters. The number of carbonyl (C=O) groups excluding carboxylic acids is 1. The highest BCUT2D eigenvalue weighted by Gasteiger charge is 2.34. The molecule has 0 spiro atoms. The van der Waals surface area contributed by atoms with Crippen molar-refractivity contribution in [1.29, 1.82) is 0 Å². The zero-order valence-corrected chi connectivity index (χ0v) is 13.4. The summed E-state index contributed by atoms with van der Waals surface area (Å²) in [6.07, 6.45) is 7.61. The molecule has 5 nitrogen and oxygen atoms in total. The van der Waals surface area contributed by atoms with Crippen LogP contribution in [0.15, 0.2) is 12.7 Å². The molecule has 1 fully saturated rings. The van der Waals surface area contributed by atoms with Crippen molar-refractivity contribution in [1.82, 2.24) is 19.7 Å². The van der Waals surface area contributed by atoms with Crippen LogP contribution in [-0.2, 0) is 11.3 Å². The summed E-state index contributed by atoms with van der Waals surface area (Å²) in [7, 11) is 0. The van der Waals surface area contributed by atoms with Gasteiger partial charge in [0.2, 0.25) is 5.91 Å². The Balaban J connectivity index is 1.94. The van der Waals surface area contributed by atoms with E-state index < -0.39 is 0 Å². The molecule has 20 heavy (non-hydrogen) atoms. The number of carbonyl (C=O) groups is 1. The van der Waals surface area contributed by atoms with Crippen molar-refractivity contribution >= 4 is 17.7 Å². The van der Waals surface area contributed by atoms with Crippen LogP contribution in [0.25, 0.3) is 0 Å². The van der Waals surface area contributed by atoms with Crippen LogP contribution < -0.4 is 0 Å². The van der Waals surface area contributed by atoms with Crippen LogP contribution in [-0.4, -0.2) is 50.7 Å². The van der Waals surface area contributed by atoms with Crippen LogP contribution in [0.5, 0.6) is 0 Å². The predicted molar refractivity (Wildman–Crippen MR) is 81.5 cm³/mol. The van der Waals surface area contributed by atoms with Gasteiger partial charge in [0.15, 0.2) is 0 Å². The van der Waals surface area contributed by atoms with Crippen molar-refractivity contribution in [3.05, 3.63) is 12.7 Å². The SMILES string of the molecule is CSCC(C)(C)C(=O)N1CCC[C@H](Cn2cncn2)C1. The van der Waals surface area contributed by atoms with Gasteiger partial charge < -0.3 is 4.90 Å². The Morgan fingerprint density at radius 2 is 2.30 bits per heavy atom. The summed E-state index contributed by atoms with van der Waals surface area (Å²) in [5.41, 5.74) is -0.269. The summed E-state index contributed by atoms with van der Waals surface area (Å²) in [6.45, 7) is 6.69. The second-order valence-electron chi connectivity index (χ2n) is 6.19. The fourth-order valence-corrected chi connectivity index (χ4v) is 3.69. The zero-order valence-electron chi connectivity index (χ0n) is 12.6. The average molecular weight is 296 g/mol. The molecule has 0 aliphatic carbocycles. The maximum absolute atomic E-state index is 12.6. The first-order valence-corrected chi connectivity index (χ1v) is 8.53. The van der Waals surface area contributed by atoms with Crippen LogP contribution >= 0.6 is 11.8 Å². The fraction of sp³-hybridized carbons (Fsp3) is 0.786. The topological polar surface area (TPSA) is 51.0 Å².